The molecule has 0 bridgehead atoms. The average molecular weight is 499 g/mol. The van der Waals surface area contributed by atoms with Crippen LogP contribution in [0.5, 0.6) is 11.5 Å². The van der Waals surface area contributed by atoms with Crippen LogP contribution in [0.25, 0.3) is 24.3 Å². The number of rotatable bonds is 11. The summed E-state index contributed by atoms with van der Waals surface area (Å²) < 4.78 is 29.5. The van der Waals surface area contributed by atoms with Gasteiger partial charge in [-0.25, -0.2) is 14.0 Å². The van der Waals surface area contributed by atoms with Crippen molar-refractivity contribution in [2.45, 2.75) is 6.92 Å². The van der Waals surface area contributed by atoms with Gasteiger partial charge in [-0.1, -0.05) is 79.9 Å². The summed E-state index contributed by atoms with van der Waals surface area (Å²) in [5, 5.41) is 0. The highest BCUT2D eigenvalue weighted by Gasteiger charge is 2.07. The molecule has 0 aliphatic carbocycles. The Kier molecular flexibility index (Phi) is 9.74. The van der Waals surface area contributed by atoms with E-state index in [0.717, 1.165) is 22.8 Å². The second kappa shape index (κ2) is 13.4. The highest BCUT2D eigenvalue weighted by Crippen LogP contribution is 2.20. The summed E-state index contributed by atoms with van der Waals surface area (Å²) in [7, 11) is 0. The number of benzene rings is 3. The molecule has 0 unspecified atom stereocenters. The molecule has 6 heteroatoms. The summed E-state index contributed by atoms with van der Waals surface area (Å²) in [5.41, 5.74) is 3.98. The number of halogens is 1. The third-order valence-electron chi connectivity index (χ3n) is 5.02. The molecule has 37 heavy (non-hydrogen) atoms. The van der Waals surface area contributed by atoms with E-state index >= 15 is 0 Å². The highest BCUT2D eigenvalue weighted by molar-refractivity contribution is 5.87. The molecule has 0 spiro atoms. The van der Waals surface area contributed by atoms with E-state index in [2.05, 4.69) is 13.2 Å². The van der Waals surface area contributed by atoms with E-state index in [4.69, 9.17) is 14.2 Å². The van der Waals surface area contributed by atoms with Crippen molar-refractivity contribution in [3.8, 4) is 11.5 Å². The first-order valence-electron chi connectivity index (χ1n) is 11.5. The topological polar surface area (TPSA) is 61.8 Å². The molecule has 0 aliphatic rings. The summed E-state index contributed by atoms with van der Waals surface area (Å²) in [6, 6.07) is 19.8. The Bertz CT molecular complexity index is 1320. The molecule has 0 heterocycles. The molecule has 0 aromatic heterocycles. The van der Waals surface area contributed by atoms with E-state index in [-0.39, 0.29) is 19.0 Å². The molecule has 0 fully saturated rings. The van der Waals surface area contributed by atoms with Crippen molar-refractivity contribution in [1.82, 2.24) is 0 Å². The van der Waals surface area contributed by atoms with Gasteiger partial charge in [-0.2, -0.15) is 0 Å². The molecule has 5 nitrogen and oxygen atoms in total. The quantitative estimate of drug-likeness (QED) is 0.0961. The van der Waals surface area contributed by atoms with Gasteiger partial charge >= 0.3 is 11.9 Å². The zero-order valence-electron chi connectivity index (χ0n) is 20.5. The minimum Gasteiger partial charge on any atom is -0.490 e. The lowest BCUT2D eigenvalue weighted by Gasteiger charge is -2.07. The summed E-state index contributed by atoms with van der Waals surface area (Å²) in [5.74, 6) is -1.21. The van der Waals surface area contributed by atoms with E-state index in [1.807, 2.05) is 66.8 Å². The fraction of sp³-hybridized carbons (Fsp3) is 0.0968. The molecule has 0 atom stereocenters. The summed E-state index contributed by atoms with van der Waals surface area (Å²) in [6.07, 6.45) is 8.62. The fourth-order valence-electron chi connectivity index (χ4n) is 3.05. The number of ether oxygens (including phenoxy) is 3. The van der Waals surface area contributed by atoms with Crippen LogP contribution in [0.15, 0.2) is 91.5 Å². The van der Waals surface area contributed by atoms with Crippen LogP contribution in [0.2, 0.25) is 0 Å². The van der Waals surface area contributed by atoms with Crippen molar-refractivity contribution in [1.29, 1.82) is 0 Å². The van der Waals surface area contributed by atoms with Gasteiger partial charge in [0.2, 0.25) is 0 Å². The number of carbonyl (C=O) groups excluding carboxylic acids is 2. The van der Waals surface area contributed by atoms with Gasteiger partial charge in [0.1, 0.15) is 19.0 Å². The molecule has 3 aromatic rings. The van der Waals surface area contributed by atoms with Crippen molar-refractivity contribution in [2.75, 3.05) is 13.2 Å². The minimum absolute atomic E-state index is 0.137. The third kappa shape index (κ3) is 8.78. The van der Waals surface area contributed by atoms with Gasteiger partial charge in [0.05, 0.1) is 0 Å². The number of esters is 2. The number of hydrogen-bond acceptors (Lipinski definition) is 5. The second-order valence-corrected chi connectivity index (χ2v) is 7.98. The van der Waals surface area contributed by atoms with Crippen molar-refractivity contribution < 1.29 is 28.2 Å². The smallest absolute Gasteiger partial charge is 0.335 e. The molecule has 0 radical (unpaired) electrons. The first kappa shape index (κ1) is 26.9. The van der Waals surface area contributed by atoms with Crippen LogP contribution >= 0.6 is 0 Å². The molecule has 0 saturated heterocycles. The van der Waals surface area contributed by atoms with Crippen LogP contribution in [-0.2, 0) is 14.3 Å². The van der Waals surface area contributed by atoms with Gasteiger partial charge in [-0.05, 0) is 53.4 Å². The monoisotopic (exact) mass is 498 g/mol. The Morgan fingerprint density at radius 1 is 0.811 bits per heavy atom. The van der Waals surface area contributed by atoms with E-state index in [1.54, 1.807) is 19.1 Å². The fourth-order valence-corrected chi connectivity index (χ4v) is 3.05. The van der Waals surface area contributed by atoms with Gasteiger partial charge in [0.25, 0.3) is 0 Å². The lowest BCUT2D eigenvalue weighted by atomic mass is 10.1. The lowest BCUT2D eigenvalue weighted by molar-refractivity contribution is -0.139. The van der Waals surface area contributed by atoms with Crippen molar-refractivity contribution in [3.05, 3.63) is 120 Å². The number of carbonyl (C=O) groups is 2. The first-order chi connectivity index (χ1) is 17.8. The highest BCUT2D eigenvalue weighted by atomic mass is 19.1. The summed E-state index contributed by atoms with van der Waals surface area (Å²) >= 11 is 0. The molecule has 3 aromatic carbocycles. The predicted molar refractivity (Wildman–Crippen MR) is 144 cm³/mol. The maximum atomic E-state index is 14.1. The van der Waals surface area contributed by atoms with E-state index in [9.17, 15) is 14.0 Å². The molecule has 0 saturated carbocycles. The van der Waals surface area contributed by atoms with Crippen LogP contribution in [0.4, 0.5) is 4.39 Å². The van der Waals surface area contributed by atoms with Crippen LogP contribution in [0.3, 0.4) is 0 Å². The van der Waals surface area contributed by atoms with Crippen molar-refractivity contribution in [2.24, 2.45) is 0 Å². The molecular weight excluding hydrogens is 471 g/mol. The molecule has 188 valence electrons. The Morgan fingerprint density at radius 2 is 1.32 bits per heavy atom. The maximum absolute atomic E-state index is 14.1. The molecular formula is C31H27FO5. The van der Waals surface area contributed by atoms with Crippen LogP contribution in [0.1, 0.15) is 29.2 Å². The Labute approximate surface area is 215 Å². The average Bonchev–Trinajstić information content (AvgIpc) is 2.91. The normalized spacial score (nSPS) is 10.9. The molecule has 0 aliphatic heterocycles. The summed E-state index contributed by atoms with van der Waals surface area (Å²) in [6.45, 7) is 8.84. The maximum Gasteiger partial charge on any atom is 0.335 e. The Balaban J connectivity index is 1.51. The van der Waals surface area contributed by atoms with E-state index in [0.29, 0.717) is 16.9 Å². The van der Waals surface area contributed by atoms with Gasteiger partial charge in [-0.15, -0.1) is 0 Å². The van der Waals surface area contributed by atoms with Gasteiger partial charge < -0.3 is 14.2 Å². The van der Waals surface area contributed by atoms with Gasteiger partial charge in [-0.3, -0.25) is 0 Å². The third-order valence-corrected chi connectivity index (χ3v) is 5.02. The number of hydrogen-bond donors (Lipinski definition) is 0. The molecule has 0 amide bonds. The van der Waals surface area contributed by atoms with Crippen LogP contribution in [-0.4, -0.2) is 25.2 Å². The largest absolute Gasteiger partial charge is 0.490 e. The Morgan fingerprint density at radius 3 is 1.84 bits per heavy atom. The second-order valence-electron chi connectivity index (χ2n) is 7.98. The zero-order valence-corrected chi connectivity index (χ0v) is 20.5. The van der Waals surface area contributed by atoms with Crippen molar-refractivity contribution >= 4 is 36.2 Å². The minimum atomic E-state index is -0.710. The summed E-state index contributed by atoms with van der Waals surface area (Å²) in [4.78, 5) is 22.6. The van der Waals surface area contributed by atoms with Gasteiger partial charge in [0, 0.05) is 11.6 Å². The van der Waals surface area contributed by atoms with Gasteiger partial charge in [0.15, 0.2) is 11.6 Å². The standard InChI is InChI=1S/C31H27FO5/c1-4-30(33)37-29-18-15-26(21-28(29)32)12-11-24-7-5-23(6-8-24)9-10-25-13-16-27(17-14-25)35-19-20-36-31(34)22(2)3/h4-18,21H,1-2,19-20H2,3H3. The SMILES string of the molecule is C=CC(=O)Oc1ccc(C=Cc2ccc(C=Cc3ccc(OCCOC(=O)C(=C)C)cc3)cc2)cc1F. The Hall–Kier alpha value is -4.71. The van der Waals surface area contributed by atoms with Crippen LogP contribution in [0, 0.1) is 5.82 Å². The molecule has 3 rings (SSSR count). The van der Waals surface area contributed by atoms with Crippen LogP contribution < -0.4 is 9.47 Å². The van der Waals surface area contributed by atoms with Crippen molar-refractivity contribution in [3.63, 3.8) is 0 Å². The zero-order chi connectivity index (χ0) is 26.6. The van der Waals surface area contributed by atoms with E-state index in [1.165, 1.54) is 12.1 Å². The first-order valence-corrected chi connectivity index (χ1v) is 11.5. The molecule has 0 N–H and O–H groups in total. The predicted octanol–water partition coefficient (Wildman–Crippen LogP) is 6.76. The lowest BCUT2D eigenvalue weighted by Crippen LogP contribution is -2.12. The van der Waals surface area contributed by atoms with E-state index < -0.39 is 17.8 Å².